The van der Waals surface area contributed by atoms with Gasteiger partial charge in [0.15, 0.2) is 6.10 Å². The van der Waals surface area contributed by atoms with Gasteiger partial charge < -0.3 is 25.8 Å². The van der Waals surface area contributed by atoms with Crippen molar-refractivity contribution < 1.29 is 23.9 Å². The molecule has 2 aliphatic rings. The van der Waals surface area contributed by atoms with Crippen molar-refractivity contribution in [2.75, 3.05) is 18.9 Å². The number of rotatable bonds is 6. The van der Waals surface area contributed by atoms with Crippen LogP contribution in [0.3, 0.4) is 0 Å². The number of ether oxygens (including phenoxy) is 2. The zero-order chi connectivity index (χ0) is 22.0. The Bertz CT molecular complexity index is 934. The number of nitrogens with zero attached hydrogens (tertiary/aromatic N) is 1. The van der Waals surface area contributed by atoms with E-state index in [-0.39, 0.29) is 30.2 Å². The van der Waals surface area contributed by atoms with Crippen LogP contribution in [0.4, 0.5) is 4.79 Å². The molecule has 0 spiro atoms. The highest BCUT2D eigenvalue weighted by Crippen LogP contribution is 2.43. The van der Waals surface area contributed by atoms with Crippen LogP contribution in [0, 0.1) is 5.41 Å². The Hall–Kier alpha value is -3.04. The van der Waals surface area contributed by atoms with Crippen LogP contribution in [0.25, 0.3) is 0 Å². The second-order valence-electron chi connectivity index (χ2n) is 7.69. The fourth-order valence-electron chi connectivity index (χ4n) is 3.82. The molecule has 9 heteroatoms. The topological polar surface area (TPSA) is 125 Å². The van der Waals surface area contributed by atoms with Gasteiger partial charge in [-0.25, -0.2) is 4.79 Å². The fourth-order valence-corrected chi connectivity index (χ4v) is 5.29. The summed E-state index contributed by atoms with van der Waals surface area (Å²) in [6.07, 6.45) is -1.65. The number of β-lactam (4-membered cyclic amide) rings is 1. The molecule has 2 aliphatic heterocycles. The summed E-state index contributed by atoms with van der Waals surface area (Å²) in [5.74, 6) is -0.515. The maximum Gasteiger partial charge on any atom is 0.404 e. The molecule has 162 valence electrons. The van der Waals surface area contributed by atoms with Crippen molar-refractivity contribution in [3.63, 3.8) is 0 Å². The Balaban J connectivity index is 1.62. The summed E-state index contributed by atoms with van der Waals surface area (Å²) in [6.45, 7) is -0.226. The van der Waals surface area contributed by atoms with Gasteiger partial charge in [0.2, 0.25) is 5.91 Å². The highest BCUT2D eigenvalue weighted by atomic mass is 32.2. The zero-order valence-corrected chi connectivity index (χ0v) is 17.5. The number of amides is 2. The summed E-state index contributed by atoms with van der Waals surface area (Å²) in [5.41, 5.74) is 11.4. The number of esters is 1. The maximum absolute atomic E-state index is 13.5. The third-order valence-corrected chi connectivity index (χ3v) is 7.15. The summed E-state index contributed by atoms with van der Waals surface area (Å²) < 4.78 is 11.0. The lowest BCUT2D eigenvalue weighted by molar-refractivity contribution is -0.167. The van der Waals surface area contributed by atoms with E-state index in [2.05, 4.69) is 0 Å². The van der Waals surface area contributed by atoms with Gasteiger partial charge in [0.25, 0.3) is 0 Å². The van der Waals surface area contributed by atoms with Gasteiger partial charge in [0, 0.05) is 12.3 Å². The van der Waals surface area contributed by atoms with Crippen LogP contribution >= 0.6 is 11.8 Å². The maximum atomic E-state index is 13.5. The molecular weight excluding hydrogens is 418 g/mol. The minimum atomic E-state index is -1.24. The van der Waals surface area contributed by atoms with E-state index in [4.69, 9.17) is 20.9 Å². The molecule has 2 fully saturated rings. The lowest BCUT2D eigenvalue weighted by Gasteiger charge is -2.52. The number of thioether (sulfide) groups is 1. The van der Waals surface area contributed by atoms with Crippen LogP contribution in [0.5, 0.6) is 0 Å². The van der Waals surface area contributed by atoms with E-state index >= 15 is 0 Å². The van der Waals surface area contributed by atoms with Gasteiger partial charge in [-0.3, -0.25) is 9.59 Å². The van der Waals surface area contributed by atoms with Crippen molar-refractivity contribution in [2.45, 2.75) is 17.5 Å². The van der Waals surface area contributed by atoms with E-state index in [1.807, 2.05) is 60.7 Å². The molecule has 2 saturated heterocycles. The van der Waals surface area contributed by atoms with Crippen molar-refractivity contribution in [1.29, 1.82) is 0 Å². The minimum Gasteiger partial charge on any atom is -0.452 e. The minimum absolute atomic E-state index is 0.0552. The van der Waals surface area contributed by atoms with E-state index in [0.717, 1.165) is 11.1 Å². The summed E-state index contributed by atoms with van der Waals surface area (Å²) in [7, 11) is 0. The Morgan fingerprint density at radius 2 is 1.68 bits per heavy atom. The molecule has 2 aromatic carbocycles. The van der Waals surface area contributed by atoms with Gasteiger partial charge in [0.05, 0.1) is 0 Å². The molecule has 0 aromatic heterocycles. The first-order valence-corrected chi connectivity index (χ1v) is 10.9. The van der Waals surface area contributed by atoms with Gasteiger partial charge in [-0.2, -0.15) is 0 Å². The predicted octanol–water partition coefficient (Wildman–Crippen LogP) is 1.64. The number of fused-ring (bicyclic) bond motifs is 1. The molecule has 31 heavy (non-hydrogen) atoms. The number of hydrogen-bond donors (Lipinski definition) is 2. The van der Waals surface area contributed by atoms with Gasteiger partial charge in [0.1, 0.15) is 23.4 Å². The molecule has 3 atom stereocenters. The second kappa shape index (κ2) is 8.60. The van der Waals surface area contributed by atoms with Crippen molar-refractivity contribution in [3.05, 3.63) is 71.8 Å². The van der Waals surface area contributed by atoms with E-state index in [9.17, 15) is 14.4 Å². The Kier molecular flexibility index (Phi) is 5.88. The number of primary amides is 1. The van der Waals surface area contributed by atoms with Crippen molar-refractivity contribution in [1.82, 2.24) is 4.90 Å². The molecule has 0 saturated carbocycles. The largest absolute Gasteiger partial charge is 0.452 e. The SMILES string of the molecule is NC(=O)OCC1(C(=O)OC(c2ccccc2)c2ccccc2)CS[C@@H]2C(N)C(=O)N2C1. The first-order chi connectivity index (χ1) is 14.9. The average molecular weight is 442 g/mol. The van der Waals surface area contributed by atoms with Crippen LogP contribution in [0.1, 0.15) is 17.2 Å². The number of nitrogens with two attached hydrogens (primary N) is 2. The number of benzene rings is 2. The predicted molar refractivity (Wildman–Crippen MR) is 115 cm³/mol. The van der Waals surface area contributed by atoms with Gasteiger partial charge in [-0.05, 0) is 11.1 Å². The van der Waals surface area contributed by atoms with Crippen molar-refractivity contribution >= 4 is 29.7 Å². The molecule has 2 aromatic rings. The monoisotopic (exact) mass is 441 g/mol. The molecule has 8 nitrogen and oxygen atoms in total. The molecule has 2 heterocycles. The quantitative estimate of drug-likeness (QED) is 0.516. The lowest BCUT2D eigenvalue weighted by Crippen LogP contribution is -2.72. The van der Waals surface area contributed by atoms with Crippen molar-refractivity contribution in [3.8, 4) is 0 Å². The molecule has 0 aliphatic carbocycles. The number of carbonyl (C=O) groups is 3. The van der Waals surface area contributed by atoms with E-state index in [1.165, 1.54) is 16.7 Å². The molecule has 4 rings (SSSR count). The van der Waals surface area contributed by atoms with Gasteiger partial charge in [-0.1, -0.05) is 60.7 Å². The smallest absolute Gasteiger partial charge is 0.404 e. The van der Waals surface area contributed by atoms with Crippen LogP contribution in [-0.2, 0) is 19.1 Å². The summed E-state index contributed by atoms with van der Waals surface area (Å²) >= 11 is 1.38. The Labute approximate surface area is 183 Å². The molecule has 2 unspecified atom stereocenters. The number of carbonyl (C=O) groups excluding carboxylic acids is 3. The summed E-state index contributed by atoms with van der Waals surface area (Å²) in [4.78, 5) is 38.6. The lowest BCUT2D eigenvalue weighted by atomic mass is 9.87. The summed E-state index contributed by atoms with van der Waals surface area (Å²) in [5, 5.41) is -0.193. The highest BCUT2D eigenvalue weighted by Gasteiger charge is 2.57. The third-order valence-electron chi connectivity index (χ3n) is 5.54. The number of hydrogen-bond acceptors (Lipinski definition) is 7. The van der Waals surface area contributed by atoms with Gasteiger partial charge >= 0.3 is 12.1 Å². The van der Waals surface area contributed by atoms with Crippen LogP contribution < -0.4 is 11.5 Å². The molecule has 0 bridgehead atoms. The second-order valence-corrected chi connectivity index (χ2v) is 8.79. The average Bonchev–Trinajstić information content (AvgIpc) is 2.81. The molecule has 0 radical (unpaired) electrons. The highest BCUT2D eigenvalue weighted by molar-refractivity contribution is 8.00. The Morgan fingerprint density at radius 1 is 1.10 bits per heavy atom. The normalized spacial score (nSPS) is 24.8. The van der Waals surface area contributed by atoms with Crippen LogP contribution in [0.2, 0.25) is 0 Å². The Morgan fingerprint density at radius 3 is 2.23 bits per heavy atom. The summed E-state index contributed by atoms with van der Waals surface area (Å²) in [6, 6.07) is 18.2. The van der Waals surface area contributed by atoms with Crippen LogP contribution in [0.15, 0.2) is 60.7 Å². The standard InChI is InChI=1S/C22H23N3O5S/c23-16-18(26)25-11-22(12-29-21(24)28,13-31-19(16)25)20(27)30-17(14-7-3-1-4-8-14)15-9-5-2-6-10-15/h1-10,16-17,19H,11-13,23H2,(H2,24,28)/t16?,19-,22?/m1/s1. The molecule has 2 amide bonds. The first kappa shape index (κ1) is 21.2. The zero-order valence-electron chi connectivity index (χ0n) is 16.7. The third kappa shape index (κ3) is 4.11. The molecular formula is C22H23N3O5S. The van der Waals surface area contributed by atoms with E-state index in [1.54, 1.807) is 0 Å². The van der Waals surface area contributed by atoms with E-state index < -0.39 is 29.6 Å². The fraction of sp³-hybridized carbons (Fsp3) is 0.318. The van der Waals surface area contributed by atoms with Gasteiger partial charge in [-0.15, -0.1) is 11.8 Å². The van der Waals surface area contributed by atoms with E-state index in [0.29, 0.717) is 0 Å². The first-order valence-electron chi connectivity index (χ1n) is 9.82. The molecule has 4 N–H and O–H groups in total. The van der Waals surface area contributed by atoms with Crippen molar-refractivity contribution in [2.24, 2.45) is 16.9 Å². The van der Waals surface area contributed by atoms with Crippen LogP contribution in [-0.4, -0.2) is 53.2 Å².